The van der Waals surface area contributed by atoms with Gasteiger partial charge in [-0.05, 0) is 19.3 Å². The quantitative estimate of drug-likeness (QED) is 0.695. The Kier molecular flexibility index (Phi) is 7.25. The van der Waals surface area contributed by atoms with Crippen LogP contribution in [0.4, 0.5) is 0 Å². The minimum absolute atomic E-state index is 0.329. The fourth-order valence-corrected chi connectivity index (χ4v) is 2.71. The SMILES string of the molecule is CCCCCC(=O)N(CCN)C1CCCCC1. The molecule has 0 aromatic rings. The molecule has 0 aromatic heterocycles. The second-order valence-electron chi connectivity index (χ2n) is 5.12. The van der Waals surface area contributed by atoms with Crippen LogP contribution in [0.15, 0.2) is 0 Å². The molecule has 0 saturated heterocycles. The summed E-state index contributed by atoms with van der Waals surface area (Å²) in [5, 5.41) is 0. The fraction of sp³-hybridized carbons (Fsp3) is 0.929. The maximum Gasteiger partial charge on any atom is 0.222 e. The fourth-order valence-electron chi connectivity index (χ4n) is 2.71. The Morgan fingerprint density at radius 1 is 1.24 bits per heavy atom. The van der Waals surface area contributed by atoms with Gasteiger partial charge in [0.15, 0.2) is 0 Å². The van der Waals surface area contributed by atoms with E-state index in [4.69, 9.17) is 5.73 Å². The predicted octanol–water partition coefficient (Wildman–Crippen LogP) is 2.69. The van der Waals surface area contributed by atoms with E-state index in [0.717, 1.165) is 19.4 Å². The topological polar surface area (TPSA) is 46.3 Å². The van der Waals surface area contributed by atoms with Gasteiger partial charge in [0, 0.05) is 25.6 Å². The summed E-state index contributed by atoms with van der Waals surface area (Å²) in [6, 6.07) is 0.474. The maximum atomic E-state index is 12.2. The van der Waals surface area contributed by atoms with Gasteiger partial charge < -0.3 is 10.6 Å². The summed E-state index contributed by atoms with van der Waals surface area (Å²) in [6.07, 6.45) is 10.3. The normalized spacial score (nSPS) is 17.1. The molecule has 100 valence electrons. The number of carbonyl (C=O) groups is 1. The number of hydrogen-bond acceptors (Lipinski definition) is 2. The molecule has 1 aliphatic rings. The largest absolute Gasteiger partial charge is 0.338 e. The molecule has 0 bridgehead atoms. The van der Waals surface area contributed by atoms with Crippen molar-refractivity contribution >= 4 is 5.91 Å². The molecule has 0 heterocycles. The molecule has 3 nitrogen and oxygen atoms in total. The minimum Gasteiger partial charge on any atom is -0.338 e. The highest BCUT2D eigenvalue weighted by Crippen LogP contribution is 2.23. The highest BCUT2D eigenvalue weighted by molar-refractivity contribution is 5.76. The summed E-state index contributed by atoms with van der Waals surface area (Å²) in [7, 11) is 0. The third-order valence-electron chi connectivity index (χ3n) is 3.70. The highest BCUT2D eigenvalue weighted by Gasteiger charge is 2.24. The molecule has 1 fully saturated rings. The van der Waals surface area contributed by atoms with Crippen LogP contribution in [0.5, 0.6) is 0 Å². The summed E-state index contributed by atoms with van der Waals surface area (Å²) >= 11 is 0. The maximum absolute atomic E-state index is 12.2. The summed E-state index contributed by atoms with van der Waals surface area (Å²) in [6.45, 7) is 3.51. The molecule has 0 aliphatic heterocycles. The average molecular weight is 240 g/mol. The van der Waals surface area contributed by atoms with Crippen LogP contribution in [-0.2, 0) is 4.79 Å². The van der Waals surface area contributed by atoms with Gasteiger partial charge in [0.1, 0.15) is 0 Å². The van der Waals surface area contributed by atoms with Gasteiger partial charge in [-0.15, -0.1) is 0 Å². The van der Waals surface area contributed by atoms with Gasteiger partial charge in [0.05, 0.1) is 0 Å². The Labute approximate surface area is 106 Å². The first-order valence-corrected chi connectivity index (χ1v) is 7.29. The van der Waals surface area contributed by atoms with Crippen molar-refractivity contribution in [3.8, 4) is 0 Å². The van der Waals surface area contributed by atoms with Gasteiger partial charge in [-0.2, -0.15) is 0 Å². The average Bonchev–Trinajstić information content (AvgIpc) is 2.37. The van der Waals surface area contributed by atoms with Gasteiger partial charge in [-0.1, -0.05) is 39.0 Å². The number of rotatable bonds is 7. The number of amides is 1. The van der Waals surface area contributed by atoms with E-state index < -0.39 is 0 Å². The van der Waals surface area contributed by atoms with Crippen LogP contribution < -0.4 is 5.73 Å². The Balaban J connectivity index is 2.42. The van der Waals surface area contributed by atoms with E-state index in [0.29, 0.717) is 24.9 Å². The molecule has 0 radical (unpaired) electrons. The molecule has 1 saturated carbocycles. The number of unbranched alkanes of at least 4 members (excludes halogenated alkanes) is 2. The smallest absolute Gasteiger partial charge is 0.222 e. The Hall–Kier alpha value is -0.570. The third kappa shape index (κ3) is 5.07. The first-order valence-electron chi connectivity index (χ1n) is 7.29. The number of carbonyl (C=O) groups excluding carboxylic acids is 1. The molecule has 1 rings (SSSR count). The number of nitrogens with two attached hydrogens (primary N) is 1. The predicted molar refractivity (Wildman–Crippen MR) is 71.8 cm³/mol. The van der Waals surface area contributed by atoms with Crippen molar-refractivity contribution in [1.29, 1.82) is 0 Å². The van der Waals surface area contributed by atoms with Crippen molar-refractivity contribution in [2.75, 3.05) is 13.1 Å². The molecule has 17 heavy (non-hydrogen) atoms. The molecule has 1 amide bonds. The van der Waals surface area contributed by atoms with E-state index in [1.54, 1.807) is 0 Å². The van der Waals surface area contributed by atoms with Crippen molar-refractivity contribution in [2.45, 2.75) is 70.8 Å². The van der Waals surface area contributed by atoms with Crippen LogP contribution in [0.25, 0.3) is 0 Å². The second kappa shape index (κ2) is 8.51. The molecule has 2 N–H and O–H groups in total. The molecule has 1 aliphatic carbocycles. The Morgan fingerprint density at radius 2 is 1.94 bits per heavy atom. The van der Waals surface area contributed by atoms with Crippen molar-refractivity contribution in [3.63, 3.8) is 0 Å². The zero-order valence-electron chi connectivity index (χ0n) is 11.3. The van der Waals surface area contributed by atoms with Crippen LogP contribution in [-0.4, -0.2) is 29.9 Å². The van der Waals surface area contributed by atoms with Crippen molar-refractivity contribution in [2.24, 2.45) is 5.73 Å². The minimum atomic E-state index is 0.329. The number of hydrogen-bond donors (Lipinski definition) is 1. The van der Waals surface area contributed by atoms with E-state index in [9.17, 15) is 4.79 Å². The lowest BCUT2D eigenvalue weighted by Gasteiger charge is -2.34. The number of nitrogens with zero attached hydrogens (tertiary/aromatic N) is 1. The van der Waals surface area contributed by atoms with E-state index >= 15 is 0 Å². The van der Waals surface area contributed by atoms with E-state index in [-0.39, 0.29) is 0 Å². The lowest BCUT2D eigenvalue weighted by atomic mass is 9.94. The summed E-state index contributed by atoms with van der Waals surface area (Å²) < 4.78 is 0. The molecule has 0 aromatic carbocycles. The summed E-state index contributed by atoms with van der Waals surface area (Å²) in [5.74, 6) is 0.329. The van der Waals surface area contributed by atoms with E-state index in [1.165, 1.54) is 38.5 Å². The zero-order valence-corrected chi connectivity index (χ0v) is 11.3. The van der Waals surface area contributed by atoms with Crippen molar-refractivity contribution < 1.29 is 4.79 Å². The van der Waals surface area contributed by atoms with Crippen LogP contribution in [0.2, 0.25) is 0 Å². The standard InChI is InChI=1S/C14H28N2O/c1-2-3-5-10-14(17)16(12-11-15)13-8-6-4-7-9-13/h13H,2-12,15H2,1H3. The van der Waals surface area contributed by atoms with Crippen molar-refractivity contribution in [3.05, 3.63) is 0 Å². The molecule has 0 spiro atoms. The van der Waals surface area contributed by atoms with Gasteiger partial charge in [-0.3, -0.25) is 4.79 Å². The van der Waals surface area contributed by atoms with E-state index in [1.807, 2.05) is 0 Å². The van der Waals surface area contributed by atoms with Crippen LogP contribution >= 0.6 is 0 Å². The summed E-state index contributed by atoms with van der Waals surface area (Å²) in [5.41, 5.74) is 5.63. The van der Waals surface area contributed by atoms with Gasteiger partial charge >= 0.3 is 0 Å². The molecular formula is C14H28N2O. The van der Waals surface area contributed by atoms with Gasteiger partial charge in [0.2, 0.25) is 5.91 Å². The van der Waals surface area contributed by atoms with Gasteiger partial charge in [0.25, 0.3) is 0 Å². The second-order valence-corrected chi connectivity index (χ2v) is 5.12. The third-order valence-corrected chi connectivity index (χ3v) is 3.70. The van der Waals surface area contributed by atoms with Crippen LogP contribution in [0.1, 0.15) is 64.7 Å². The van der Waals surface area contributed by atoms with Crippen molar-refractivity contribution in [1.82, 2.24) is 4.90 Å². The zero-order chi connectivity index (χ0) is 12.5. The first kappa shape index (κ1) is 14.5. The van der Waals surface area contributed by atoms with Gasteiger partial charge in [-0.25, -0.2) is 0 Å². The Morgan fingerprint density at radius 3 is 2.53 bits per heavy atom. The molecular weight excluding hydrogens is 212 g/mol. The molecule has 0 unspecified atom stereocenters. The van der Waals surface area contributed by atoms with Crippen LogP contribution in [0.3, 0.4) is 0 Å². The highest BCUT2D eigenvalue weighted by atomic mass is 16.2. The van der Waals surface area contributed by atoms with Crippen LogP contribution in [0, 0.1) is 0 Å². The monoisotopic (exact) mass is 240 g/mol. The lowest BCUT2D eigenvalue weighted by molar-refractivity contribution is -0.134. The first-order chi connectivity index (χ1) is 8.29. The molecule has 3 heteroatoms. The lowest BCUT2D eigenvalue weighted by Crippen LogP contribution is -2.44. The Bertz CT molecular complexity index is 212. The molecule has 0 atom stereocenters. The van der Waals surface area contributed by atoms with E-state index in [2.05, 4.69) is 11.8 Å². The summed E-state index contributed by atoms with van der Waals surface area (Å²) in [4.78, 5) is 14.2.